The Labute approximate surface area is 326 Å². The highest BCUT2D eigenvalue weighted by atomic mass is 19.4. The quantitative estimate of drug-likeness (QED) is 0.167. The maximum absolute atomic E-state index is 15.4. The number of fused-ring (bicyclic) bond motifs is 1. The van der Waals surface area contributed by atoms with E-state index < -0.39 is 35.2 Å². The highest BCUT2D eigenvalue weighted by Gasteiger charge is 2.51. The smallest absolute Gasteiger partial charge is 0.368 e. The van der Waals surface area contributed by atoms with E-state index in [0.717, 1.165) is 56.8 Å². The highest BCUT2D eigenvalue weighted by Crippen LogP contribution is 2.38. The molecule has 0 saturated carbocycles. The van der Waals surface area contributed by atoms with Gasteiger partial charge in [0.15, 0.2) is 17.3 Å². The molecule has 1 aromatic carbocycles. The molecule has 0 unspecified atom stereocenters. The summed E-state index contributed by atoms with van der Waals surface area (Å²) in [6, 6.07) is 9.78. The summed E-state index contributed by atoms with van der Waals surface area (Å²) in [6.45, 7) is 5.51. The molecule has 6 aromatic rings. The number of anilines is 2. The van der Waals surface area contributed by atoms with Gasteiger partial charge in [0.1, 0.15) is 17.1 Å². The first kappa shape index (κ1) is 38.1. The Hall–Kier alpha value is -6.77. The molecule has 2 fully saturated rings. The number of H-pyrrole nitrogens is 1. The molecule has 0 radical (unpaired) electrons. The number of nitrogens with zero attached hydrogens (tertiary/aromatic N) is 10. The van der Waals surface area contributed by atoms with Crippen molar-refractivity contribution >= 4 is 34.7 Å². The molecule has 5 aromatic heterocycles. The molecule has 21 heteroatoms. The number of hydrogen-bond donors (Lipinski definition) is 3. The summed E-state index contributed by atoms with van der Waals surface area (Å²) in [5.41, 5.74) is 1.77. The number of pyridine rings is 1. The Morgan fingerprint density at radius 2 is 1.76 bits per heavy atom. The van der Waals surface area contributed by atoms with Gasteiger partial charge in [-0.1, -0.05) is 17.3 Å². The predicted octanol–water partition coefficient (Wildman–Crippen LogP) is 4.24. The number of nitrogens with one attached hydrogen (secondary N) is 3. The van der Waals surface area contributed by atoms with Crippen LogP contribution >= 0.6 is 0 Å². The summed E-state index contributed by atoms with van der Waals surface area (Å²) >= 11 is 0. The van der Waals surface area contributed by atoms with Crippen LogP contribution in [0.25, 0.3) is 28.2 Å². The standard InChI is InChI=1S/C37H35F4N13O4/c1-36(2,37(39,40)41)34-46-30(48-49-34)18-44-33(56)29-14-26(50-58-29)32-42-15-22(16-43-32)24-5-3-21(13-25(24)38)19-51-9-11-52(12-10-51)23-4-6-27-28(17-45-54(27)20-23)53-8-7-31(55)47-35(53)57/h3-6,13-17,20H,7-12,18-19H2,1-2H3,(H,44,56)(H,46,48,49)(H,47,55,57). The van der Waals surface area contributed by atoms with Crippen molar-refractivity contribution in [2.45, 2.75) is 44.9 Å². The summed E-state index contributed by atoms with van der Waals surface area (Å²) in [5, 5.41) is 19.1. The molecule has 0 spiro atoms. The van der Waals surface area contributed by atoms with Crippen LogP contribution in [-0.2, 0) is 23.3 Å². The monoisotopic (exact) mass is 801 g/mol. The number of carbonyl (C=O) groups excluding carboxylic acids is 3. The van der Waals surface area contributed by atoms with Crippen molar-refractivity contribution in [2.24, 2.45) is 0 Å². The summed E-state index contributed by atoms with van der Waals surface area (Å²) in [5.74, 6) is -1.95. The number of rotatable bonds is 10. The van der Waals surface area contributed by atoms with Gasteiger partial charge in [-0.25, -0.2) is 28.7 Å². The molecular weight excluding hydrogens is 766 g/mol. The van der Waals surface area contributed by atoms with Gasteiger partial charge in [0.25, 0.3) is 5.91 Å². The fraction of sp³-hybridized carbons (Fsp3) is 0.324. The van der Waals surface area contributed by atoms with Crippen molar-refractivity contribution in [3.8, 4) is 22.6 Å². The average Bonchev–Trinajstić information content (AvgIpc) is 3.98. The number of aromatic amines is 1. The van der Waals surface area contributed by atoms with Gasteiger partial charge in [-0.05, 0) is 37.6 Å². The van der Waals surface area contributed by atoms with Gasteiger partial charge in [-0.15, -0.1) is 0 Å². The number of alkyl halides is 3. The lowest BCUT2D eigenvalue weighted by Crippen LogP contribution is -2.49. The van der Waals surface area contributed by atoms with Gasteiger partial charge in [-0.2, -0.15) is 23.4 Å². The van der Waals surface area contributed by atoms with Crippen molar-refractivity contribution in [1.82, 2.24) is 55.5 Å². The van der Waals surface area contributed by atoms with Gasteiger partial charge in [0.2, 0.25) is 11.7 Å². The average molecular weight is 802 g/mol. The van der Waals surface area contributed by atoms with Gasteiger partial charge >= 0.3 is 12.2 Å². The molecule has 0 bridgehead atoms. The van der Waals surface area contributed by atoms with Crippen molar-refractivity contribution in [1.29, 1.82) is 0 Å². The Morgan fingerprint density at radius 3 is 2.48 bits per heavy atom. The lowest BCUT2D eigenvalue weighted by Gasteiger charge is -2.36. The first-order valence-corrected chi connectivity index (χ1v) is 18.1. The lowest BCUT2D eigenvalue weighted by atomic mass is 9.92. The van der Waals surface area contributed by atoms with Crippen molar-refractivity contribution < 1.29 is 36.5 Å². The molecule has 0 atom stereocenters. The molecule has 4 amide bonds. The van der Waals surface area contributed by atoms with Crippen molar-refractivity contribution in [3.05, 3.63) is 90.0 Å². The van der Waals surface area contributed by atoms with Crippen molar-refractivity contribution in [2.75, 3.05) is 42.5 Å². The molecule has 58 heavy (non-hydrogen) atoms. The van der Waals surface area contributed by atoms with Crippen LogP contribution in [0.15, 0.2) is 65.7 Å². The van der Waals surface area contributed by atoms with Gasteiger partial charge in [-0.3, -0.25) is 29.8 Å². The molecule has 3 N–H and O–H groups in total. The summed E-state index contributed by atoms with van der Waals surface area (Å²) in [6.07, 6.45) is 2.07. The highest BCUT2D eigenvalue weighted by molar-refractivity contribution is 6.07. The molecule has 8 rings (SSSR count). The second kappa shape index (κ2) is 15.0. The molecular formula is C37H35F4N13O4. The Bertz CT molecular complexity index is 2510. The summed E-state index contributed by atoms with van der Waals surface area (Å²) in [7, 11) is 0. The van der Waals surface area contributed by atoms with E-state index in [1.165, 1.54) is 29.4 Å². The third kappa shape index (κ3) is 7.54. The molecule has 7 heterocycles. The van der Waals surface area contributed by atoms with Gasteiger partial charge in [0.05, 0.1) is 35.8 Å². The maximum atomic E-state index is 15.4. The van der Waals surface area contributed by atoms with Crippen molar-refractivity contribution in [3.63, 3.8) is 0 Å². The van der Waals surface area contributed by atoms with E-state index in [2.05, 4.69) is 55.8 Å². The largest absolute Gasteiger partial charge is 0.401 e. The number of hydrogen-bond acceptors (Lipinski definition) is 12. The lowest BCUT2D eigenvalue weighted by molar-refractivity contribution is -0.182. The molecule has 17 nitrogen and oxygen atoms in total. The normalized spacial score (nSPS) is 15.6. The van der Waals surface area contributed by atoms with Crippen LogP contribution in [0.1, 0.15) is 48.0 Å². The summed E-state index contributed by atoms with van der Waals surface area (Å²) in [4.78, 5) is 55.0. The molecule has 0 aliphatic carbocycles. The van der Waals surface area contributed by atoms with E-state index in [1.807, 2.05) is 24.4 Å². The third-order valence-electron chi connectivity index (χ3n) is 10.1. The zero-order chi connectivity index (χ0) is 40.8. The van der Waals surface area contributed by atoms with Crippen LogP contribution in [0, 0.1) is 5.82 Å². The number of halogens is 4. The predicted molar refractivity (Wildman–Crippen MR) is 198 cm³/mol. The molecule has 2 aliphatic heterocycles. The van der Waals surface area contributed by atoms with Crippen LogP contribution in [0.5, 0.6) is 0 Å². The van der Waals surface area contributed by atoms with Gasteiger partial charge in [0, 0.05) is 75.3 Å². The minimum absolute atomic E-state index is 0.0175. The van der Waals surface area contributed by atoms with Crippen LogP contribution in [0.4, 0.5) is 33.7 Å². The number of imide groups is 1. The molecule has 2 saturated heterocycles. The number of amides is 4. The second-order valence-corrected chi connectivity index (χ2v) is 14.4. The Morgan fingerprint density at radius 1 is 0.983 bits per heavy atom. The van der Waals surface area contributed by atoms with Crippen LogP contribution in [-0.4, -0.2) is 102 Å². The second-order valence-electron chi connectivity index (χ2n) is 14.4. The topological polar surface area (TPSA) is 196 Å². The van der Waals surface area contributed by atoms with E-state index in [9.17, 15) is 27.6 Å². The first-order valence-electron chi connectivity index (χ1n) is 18.1. The fourth-order valence-corrected chi connectivity index (χ4v) is 6.58. The van der Waals surface area contributed by atoms with E-state index in [1.54, 1.807) is 16.8 Å². The minimum atomic E-state index is -4.57. The fourth-order valence-electron chi connectivity index (χ4n) is 6.58. The Kier molecular flexibility index (Phi) is 9.83. The van der Waals surface area contributed by atoms with E-state index in [0.29, 0.717) is 29.9 Å². The minimum Gasteiger partial charge on any atom is -0.368 e. The van der Waals surface area contributed by atoms with E-state index in [4.69, 9.17) is 4.52 Å². The Balaban J connectivity index is 0.835. The molecule has 2 aliphatic rings. The number of benzene rings is 1. The maximum Gasteiger partial charge on any atom is 0.401 e. The summed E-state index contributed by atoms with van der Waals surface area (Å²) < 4.78 is 62.2. The van der Waals surface area contributed by atoms with Crippen LogP contribution in [0.2, 0.25) is 0 Å². The van der Waals surface area contributed by atoms with Crippen LogP contribution < -0.4 is 20.4 Å². The van der Waals surface area contributed by atoms with Gasteiger partial charge < -0.3 is 14.7 Å². The zero-order valence-corrected chi connectivity index (χ0v) is 31.0. The number of aromatic nitrogens is 8. The SMILES string of the molecule is CC(C)(c1n[nH]c(CNC(=O)c2cc(-c3ncc(-c4ccc(CN5CCN(c6ccc7c(N8CCC(=O)NC8=O)cnn7c6)CC5)cc4F)cn3)no2)n1)C(F)(F)F. The first-order chi connectivity index (χ1) is 27.7. The number of carbonyl (C=O) groups is 3. The zero-order valence-electron chi connectivity index (χ0n) is 31.0. The number of urea groups is 1. The van der Waals surface area contributed by atoms with E-state index >= 15 is 4.39 Å². The molecule has 300 valence electrons. The number of piperazine rings is 1. The third-order valence-corrected chi connectivity index (χ3v) is 10.1. The van der Waals surface area contributed by atoms with Crippen LogP contribution in [0.3, 0.4) is 0 Å². The van der Waals surface area contributed by atoms with E-state index in [-0.39, 0.29) is 42.0 Å².